The van der Waals surface area contributed by atoms with Gasteiger partial charge in [0.1, 0.15) is 17.3 Å². The number of aromatic nitrogens is 3. The van der Waals surface area contributed by atoms with E-state index in [4.69, 9.17) is 9.47 Å². The summed E-state index contributed by atoms with van der Waals surface area (Å²) in [7, 11) is 1.54. The molecule has 2 N–H and O–H groups in total. The van der Waals surface area contributed by atoms with Crippen molar-refractivity contribution in [2.24, 2.45) is 0 Å². The molecule has 2 aromatic carbocycles. The van der Waals surface area contributed by atoms with Gasteiger partial charge in [0.15, 0.2) is 11.5 Å². The fourth-order valence-corrected chi connectivity index (χ4v) is 3.40. The Morgan fingerprint density at radius 1 is 1.24 bits per heavy atom. The average Bonchev–Trinajstić information content (AvgIpc) is 3.12. The number of halogens is 1. The van der Waals surface area contributed by atoms with Crippen LogP contribution in [-0.4, -0.2) is 33.4 Å². The fourth-order valence-electron chi connectivity index (χ4n) is 2.39. The maximum Gasteiger partial charge on any atom is 0.342 e. The van der Waals surface area contributed by atoms with E-state index in [0.29, 0.717) is 34.7 Å². The molecule has 0 aliphatic heterocycles. The number of thioether (sulfide) groups is 1. The molecule has 29 heavy (non-hydrogen) atoms. The third kappa shape index (κ3) is 5.85. The summed E-state index contributed by atoms with van der Waals surface area (Å²) in [6.07, 6.45) is 1.54. The Balaban J connectivity index is 1.77. The number of benzene rings is 2. The normalized spacial score (nSPS) is 11.3. The lowest BCUT2D eigenvalue weighted by Gasteiger charge is -2.12. The van der Waals surface area contributed by atoms with Crippen LogP contribution in [0.2, 0.25) is 0 Å². The van der Waals surface area contributed by atoms with E-state index in [-0.39, 0.29) is 4.91 Å². The molecule has 0 amide bonds. The summed E-state index contributed by atoms with van der Waals surface area (Å²) < 4.78 is 12.3. The first-order valence-corrected chi connectivity index (χ1v) is 10.1. The van der Waals surface area contributed by atoms with Crippen molar-refractivity contribution in [3.05, 3.63) is 68.8 Å². The number of nitrogens with one attached hydrogen (secondary N) is 1. The minimum atomic E-state index is -1.06. The summed E-state index contributed by atoms with van der Waals surface area (Å²) in [5.41, 5.74) is 1.68. The van der Waals surface area contributed by atoms with E-state index in [1.165, 1.54) is 0 Å². The molecule has 7 nitrogen and oxygen atoms in total. The zero-order valence-corrected chi connectivity index (χ0v) is 18.1. The first-order chi connectivity index (χ1) is 13.9. The van der Waals surface area contributed by atoms with Gasteiger partial charge < -0.3 is 14.6 Å². The lowest BCUT2D eigenvalue weighted by molar-refractivity contribution is -0.131. The lowest BCUT2D eigenvalue weighted by Crippen LogP contribution is -1.99. The smallest absolute Gasteiger partial charge is 0.342 e. The van der Waals surface area contributed by atoms with Crippen molar-refractivity contribution in [3.63, 3.8) is 0 Å². The maximum atomic E-state index is 11.6. The van der Waals surface area contributed by atoms with Gasteiger partial charge >= 0.3 is 5.97 Å². The number of methoxy groups -OCH3 is 1. The third-order valence-corrected chi connectivity index (χ3v) is 5.19. The van der Waals surface area contributed by atoms with Crippen molar-refractivity contribution < 1.29 is 19.4 Å². The Kier molecular flexibility index (Phi) is 6.95. The summed E-state index contributed by atoms with van der Waals surface area (Å²) in [5, 5.41) is 16.5. The van der Waals surface area contributed by atoms with E-state index >= 15 is 0 Å². The molecule has 0 saturated heterocycles. The molecule has 9 heteroatoms. The molecule has 0 atom stereocenters. The van der Waals surface area contributed by atoms with Gasteiger partial charge in [-0.25, -0.2) is 9.78 Å². The van der Waals surface area contributed by atoms with Crippen molar-refractivity contribution >= 4 is 39.7 Å². The largest absolute Gasteiger partial charge is 0.493 e. The first kappa shape index (κ1) is 20.9. The molecule has 0 fully saturated rings. The fraction of sp³-hybridized carbons (Fsp3) is 0.150. The zero-order chi connectivity index (χ0) is 20.8. The summed E-state index contributed by atoms with van der Waals surface area (Å²) in [5.74, 6) is 0.638. The number of carboxylic acids is 1. The second-order valence-corrected chi connectivity index (χ2v) is 7.87. The Morgan fingerprint density at radius 3 is 2.62 bits per heavy atom. The van der Waals surface area contributed by atoms with Crippen molar-refractivity contribution in [1.29, 1.82) is 0 Å². The average molecular weight is 476 g/mol. The Labute approximate surface area is 180 Å². The van der Waals surface area contributed by atoms with Gasteiger partial charge in [-0.15, -0.1) is 5.10 Å². The highest BCUT2D eigenvalue weighted by molar-refractivity contribution is 9.10. The number of aliphatic carboxylic acids is 1. The molecule has 0 bridgehead atoms. The molecular formula is C20H18BrN3O4S. The molecular weight excluding hydrogens is 458 g/mol. The van der Waals surface area contributed by atoms with Gasteiger partial charge in [-0.2, -0.15) is 0 Å². The van der Waals surface area contributed by atoms with E-state index in [1.54, 1.807) is 38.3 Å². The number of nitrogens with zero attached hydrogens (tertiary/aromatic N) is 2. The number of aromatic amines is 1. The van der Waals surface area contributed by atoms with E-state index in [0.717, 1.165) is 21.8 Å². The van der Waals surface area contributed by atoms with Gasteiger partial charge in [0.2, 0.25) is 5.16 Å². The molecule has 1 heterocycles. The van der Waals surface area contributed by atoms with Gasteiger partial charge in [0.05, 0.1) is 7.11 Å². The number of hydrogen-bond donors (Lipinski definition) is 2. The van der Waals surface area contributed by atoms with Crippen LogP contribution in [0, 0.1) is 6.92 Å². The quantitative estimate of drug-likeness (QED) is 0.360. The molecule has 0 spiro atoms. The second kappa shape index (κ2) is 9.62. The molecule has 0 aliphatic rings. The van der Waals surface area contributed by atoms with E-state index in [9.17, 15) is 9.90 Å². The number of ether oxygens (including phenoxy) is 2. The van der Waals surface area contributed by atoms with Crippen LogP contribution in [0.25, 0.3) is 6.08 Å². The molecule has 0 unspecified atom stereocenters. The van der Waals surface area contributed by atoms with Crippen LogP contribution in [0.3, 0.4) is 0 Å². The van der Waals surface area contributed by atoms with Crippen molar-refractivity contribution in [1.82, 2.24) is 15.2 Å². The first-order valence-electron chi connectivity index (χ1n) is 8.51. The number of hydrogen-bond acceptors (Lipinski definition) is 6. The minimum absolute atomic E-state index is 0.0922. The Morgan fingerprint density at radius 2 is 2.00 bits per heavy atom. The topological polar surface area (TPSA) is 97.3 Å². The predicted octanol–water partition coefficient (Wildman–Crippen LogP) is 4.68. The van der Waals surface area contributed by atoms with Crippen LogP contribution in [0.5, 0.6) is 11.5 Å². The molecule has 0 aliphatic carbocycles. The summed E-state index contributed by atoms with van der Waals surface area (Å²) in [6, 6.07) is 13.1. The Hall–Kier alpha value is -2.78. The van der Waals surface area contributed by atoms with Gasteiger partial charge in [-0.1, -0.05) is 34.1 Å². The van der Waals surface area contributed by atoms with Crippen LogP contribution < -0.4 is 9.47 Å². The second-order valence-electron chi connectivity index (χ2n) is 5.94. The standard InChI is InChI=1S/C20H18BrN3O4S/c1-12-22-20(24-23-12)29-18(19(25)26)10-14-5-8-16(17(9-14)27-2)28-11-13-3-6-15(21)7-4-13/h3-10H,11H2,1-2H3,(H,25,26)(H,22,23,24). The summed E-state index contributed by atoms with van der Waals surface area (Å²) in [4.78, 5) is 15.8. The van der Waals surface area contributed by atoms with Crippen molar-refractivity contribution in [2.75, 3.05) is 7.11 Å². The van der Waals surface area contributed by atoms with Crippen molar-refractivity contribution in [2.45, 2.75) is 18.7 Å². The number of H-pyrrole nitrogens is 1. The van der Waals surface area contributed by atoms with Crippen molar-refractivity contribution in [3.8, 4) is 11.5 Å². The lowest BCUT2D eigenvalue weighted by atomic mass is 10.2. The van der Waals surface area contributed by atoms with Crippen LogP contribution >= 0.6 is 27.7 Å². The van der Waals surface area contributed by atoms with E-state index in [1.807, 2.05) is 24.3 Å². The molecule has 150 valence electrons. The molecule has 3 rings (SSSR count). The number of rotatable bonds is 8. The highest BCUT2D eigenvalue weighted by atomic mass is 79.9. The monoisotopic (exact) mass is 475 g/mol. The maximum absolute atomic E-state index is 11.6. The van der Waals surface area contributed by atoms with Crippen LogP contribution in [-0.2, 0) is 11.4 Å². The highest BCUT2D eigenvalue weighted by Crippen LogP contribution is 2.32. The zero-order valence-electron chi connectivity index (χ0n) is 15.7. The summed E-state index contributed by atoms with van der Waals surface area (Å²) >= 11 is 4.38. The molecule has 1 aromatic heterocycles. The highest BCUT2D eigenvalue weighted by Gasteiger charge is 2.14. The SMILES string of the molecule is COc1cc(C=C(Sc2n[nH]c(C)n2)C(=O)O)ccc1OCc1ccc(Br)cc1. The molecule has 0 saturated carbocycles. The van der Waals surface area contributed by atoms with E-state index < -0.39 is 5.97 Å². The number of aryl methyl sites for hydroxylation is 1. The number of carboxylic acid groups (broad SMARTS) is 1. The van der Waals surface area contributed by atoms with Gasteiger partial charge in [0, 0.05) is 4.47 Å². The van der Waals surface area contributed by atoms with Gasteiger partial charge in [-0.3, -0.25) is 5.10 Å². The molecule has 3 aromatic rings. The van der Waals surface area contributed by atoms with E-state index in [2.05, 4.69) is 31.1 Å². The summed E-state index contributed by atoms with van der Waals surface area (Å²) in [6.45, 7) is 2.14. The number of carbonyl (C=O) groups is 1. The third-order valence-electron chi connectivity index (χ3n) is 3.78. The molecule has 0 radical (unpaired) electrons. The van der Waals surface area contributed by atoms with Gasteiger partial charge in [0.25, 0.3) is 0 Å². The van der Waals surface area contributed by atoms with Crippen LogP contribution in [0.4, 0.5) is 0 Å². The van der Waals surface area contributed by atoms with Crippen LogP contribution in [0.1, 0.15) is 17.0 Å². The predicted molar refractivity (Wildman–Crippen MR) is 114 cm³/mol. The van der Waals surface area contributed by atoms with Crippen LogP contribution in [0.15, 0.2) is 57.0 Å². The Bertz CT molecular complexity index is 1030. The minimum Gasteiger partial charge on any atom is -0.493 e. The van der Waals surface area contributed by atoms with Gasteiger partial charge in [-0.05, 0) is 60.2 Å².